The maximum Gasteiger partial charge on any atom is 0.273 e. The smallest absolute Gasteiger partial charge is 0.273 e. The second kappa shape index (κ2) is 7.97. The van der Waals surface area contributed by atoms with E-state index in [2.05, 4.69) is 10.2 Å². The van der Waals surface area contributed by atoms with Crippen molar-refractivity contribution in [1.29, 1.82) is 0 Å². The van der Waals surface area contributed by atoms with Gasteiger partial charge in [-0.15, -0.1) is 0 Å². The minimum atomic E-state index is -0.336. The van der Waals surface area contributed by atoms with Gasteiger partial charge in [0.1, 0.15) is 22.9 Å². The molecule has 0 fully saturated rings. The number of rotatable bonds is 7. The minimum Gasteiger partial charge on any atom is -0.507 e. The van der Waals surface area contributed by atoms with Gasteiger partial charge in [0.2, 0.25) is 0 Å². The number of benzene rings is 2. The van der Waals surface area contributed by atoms with E-state index in [0.29, 0.717) is 36.7 Å². The molecule has 3 aromatic rings. The van der Waals surface area contributed by atoms with Crippen LogP contribution in [-0.2, 0) is 4.74 Å². The molecule has 1 aromatic heterocycles. The number of nitrogens with zero attached hydrogens (tertiary/aromatic N) is 2. The first kappa shape index (κ1) is 19.0. The van der Waals surface area contributed by atoms with Crippen LogP contribution in [0.1, 0.15) is 34.6 Å². The number of hydrogen-bond acceptors (Lipinski definition) is 5. The van der Waals surface area contributed by atoms with Crippen LogP contribution >= 0.6 is 0 Å². The minimum absolute atomic E-state index is 0.120. The Labute approximate surface area is 168 Å². The highest BCUT2D eigenvalue weighted by Crippen LogP contribution is 2.44. The summed E-state index contributed by atoms with van der Waals surface area (Å²) in [6.45, 7) is 3.38. The van der Waals surface area contributed by atoms with Gasteiger partial charge in [-0.25, -0.2) is 0 Å². The van der Waals surface area contributed by atoms with Crippen molar-refractivity contribution in [3.8, 4) is 22.8 Å². The highest BCUT2D eigenvalue weighted by Gasteiger charge is 2.42. The van der Waals surface area contributed by atoms with E-state index in [1.807, 2.05) is 37.3 Å². The Morgan fingerprint density at radius 3 is 2.62 bits per heavy atom. The average molecular weight is 393 g/mol. The van der Waals surface area contributed by atoms with E-state index in [-0.39, 0.29) is 17.7 Å². The second-order valence-corrected chi connectivity index (χ2v) is 6.77. The Morgan fingerprint density at radius 2 is 1.93 bits per heavy atom. The second-order valence-electron chi connectivity index (χ2n) is 6.77. The topological polar surface area (TPSA) is 87.7 Å². The zero-order valence-corrected chi connectivity index (χ0v) is 16.4. The molecule has 2 N–H and O–H groups in total. The molecular formula is C22H23N3O4. The van der Waals surface area contributed by atoms with Crippen molar-refractivity contribution < 1.29 is 19.4 Å². The molecule has 7 heteroatoms. The predicted octanol–water partition coefficient (Wildman–Crippen LogP) is 3.37. The molecule has 2 aromatic carbocycles. The molecule has 0 bridgehead atoms. The van der Waals surface area contributed by atoms with Crippen molar-refractivity contribution in [2.24, 2.45) is 0 Å². The SMILES string of the molecule is CCOc1ccc([C@@H]2c3c(-c4ccccc4O)n[nH]c3C(=O)N2CCOC)cc1. The van der Waals surface area contributed by atoms with Gasteiger partial charge in [0, 0.05) is 24.8 Å². The van der Waals surface area contributed by atoms with Crippen LogP contribution in [0.2, 0.25) is 0 Å². The van der Waals surface area contributed by atoms with E-state index >= 15 is 0 Å². The van der Waals surface area contributed by atoms with Gasteiger partial charge in [-0.05, 0) is 36.8 Å². The molecule has 0 unspecified atom stereocenters. The molecule has 1 amide bonds. The number of aromatic hydroxyl groups is 1. The molecule has 1 atom stereocenters. The number of aromatic nitrogens is 2. The number of methoxy groups -OCH3 is 1. The fourth-order valence-electron chi connectivity index (χ4n) is 3.76. The van der Waals surface area contributed by atoms with Crippen LogP contribution in [0, 0.1) is 0 Å². The summed E-state index contributed by atoms with van der Waals surface area (Å²) in [7, 11) is 1.61. The number of carbonyl (C=O) groups excluding carboxylic acids is 1. The molecule has 150 valence electrons. The quantitative estimate of drug-likeness (QED) is 0.643. The summed E-state index contributed by atoms with van der Waals surface area (Å²) in [5.74, 6) is 0.762. The zero-order valence-electron chi connectivity index (χ0n) is 16.4. The summed E-state index contributed by atoms with van der Waals surface area (Å²) < 4.78 is 10.8. The monoisotopic (exact) mass is 393 g/mol. The van der Waals surface area contributed by atoms with Gasteiger partial charge < -0.3 is 19.5 Å². The van der Waals surface area contributed by atoms with Crippen molar-refractivity contribution in [2.75, 3.05) is 26.9 Å². The van der Waals surface area contributed by atoms with E-state index in [1.54, 1.807) is 30.2 Å². The molecule has 0 spiro atoms. The first-order valence-corrected chi connectivity index (χ1v) is 9.55. The number of para-hydroxylation sites is 1. The standard InChI is InChI=1S/C22H23N3O4/c1-3-29-15-10-8-14(9-11-15)21-18-19(16-6-4-5-7-17(16)26)23-24-20(18)22(27)25(21)12-13-28-2/h4-11,21,26H,3,12-13H2,1-2H3,(H,23,24)/t21-/m1/s1. The summed E-state index contributed by atoms with van der Waals surface area (Å²) >= 11 is 0. The van der Waals surface area contributed by atoms with Crippen molar-refractivity contribution in [2.45, 2.75) is 13.0 Å². The number of nitrogens with one attached hydrogen (secondary N) is 1. The van der Waals surface area contributed by atoms with Crippen molar-refractivity contribution in [3.05, 3.63) is 65.4 Å². The molecule has 1 aliphatic heterocycles. The average Bonchev–Trinajstić information content (AvgIpc) is 3.27. The molecule has 0 saturated heterocycles. The number of carbonyl (C=O) groups is 1. The predicted molar refractivity (Wildman–Crippen MR) is 108 cm³/mol. The maximum atomic E-state index is 13.1. The Morgan fingerprint density at radius 1 is 1.17 bits per heavy atom. The van der Waals surface area contributed by atoms with Gasteiger partial charge in [-0.1, -0.05) is 24.3 Å². The third-order valence-corrected chi connectivity index (χ3v) is 5.07. The number of fused-ring (bicyclic) bond motifs is 1. The van der Waals surface area contributed by atoms with Crippen molar-refractivity contribution in [3.63, 3.8) is 0 Å². The first-order valence-electron chi connectivity index (χ1n) is 9.55. The van der Waals surface area contributed by atoms with Crippen LogP contribution < -0.4 is 4.74 Å². The summed E-state index contributed by atoms with van der Waals surface area (Å²) in [6, 6.07) is 14.4. The van der Waals surface area contributed by atoms with Gasteiger partial charge in [0.05, 0.1) is 19.3 Å². The van der Waals surface area contributed by atoms with E-state index in [1.165, 1.54) is 0 Å². The molecule has 29 heavy (non-hydrogen) atoms. The zero-order chi connectivity index (χ0) is 20.4. The van der Waals surface area contributed by atoms with Crippen LogP contribution in [0.3, 0.4) is 0 Å². The number of amides is 1. The van der Waals surface area contributed by atoms with Gasteiger partial charge in [0.15, 0.2) is 0 Å². The van der Waals surface area contributed by atoms with Crippen molar-refractivity contribution in [1.82, 2.24) is 15.1 Å². The van der Waals surface area contributed by atoms with Gasteiger partial charge in [0.25, 0.3) is 5.91 Å². The third-order valence-electron chi connectivity index (χ3n) is 5.07. The van der Waals surface area contributed by atoms with Crippen LogP contribution in [0.4, 0.5) is 0 Å². The normalized spacial score (nSPS) is 15.6. The Kier molecular flexibility index (Phi) is 5.22. The molecule has 0 aliphatic carbocycles. The van der Waals surface area contributed by atoms with Gasteiger partial charge >= 0.3 is 0 Å². The summed E-state index contributed by atoms with van der Waals surface area (Å²) in [4.78, 5) is 14.9. The molecule has 2 heterocycles. The van der Waals surface area contributed by atoms with E-state index in [9.17, 15) is 9.90 Å². The summed E-state index contributed by atoms with van der Waals surface area (Å²) in [5.41, 5.74) is 3.30. The summed E-state index contributed by atoms with van der Waals surface area (Å²) in [6.07, 6.45) is 0. The number of H-pyrrole nitrogens is 1. The lowest BCUT2D eigenvalue weighted by atomic mass is 9.95. The Balaban J connectivity index is 1.83. The lowest BCUT2D eigenvalue weighted by Crippen LogP contribution is -2.32. The van der Waals surface area contributed by atoms with Gasteiger partial charge in [-0.3, -0.25) is 9.89 Å². The number of hydrogen-bond donors (Lipinski definition) is 2. The van der Waals surface area contributed by atoms with Crippen molar-refractivity contribution >= 4 is 5.91 Å². The fourth-order valence-corrected chi connectivity index (χ4v) is 3.76. The van der Waals surface area contributed by atoms with E-state index in [0.717, 1.165) is 16.9 Å². The number of phenolic OH excluding ortho intramolecular Hbond substituents is 1. The maximum absolute atomic E-state index is 13.1. The Hall–Kier alpha value is -3.32. The largest absolute Gasteiger partial charge is 0.507 e. The molecule has 1 aliphatic rings. The molecule has 4 rings (SSSR count). The lowest BCUT2D eigenvalue weighted by molar-refractivity contribution is 0.0677. The highest BCUT2D eigenvalue weighted by atomic mass is 16.5. The van der Waals surface area contributed by atoms with E-state index in [4.69, 9.17) is 9.47 Å². The lowest BCUT2D eigenvalue weighted by Gasteiger charge is -2.26. The fraction of sp³-hybridized carbons (Fsp3) is 0.273. The number of phenols is 1. The Bertz CT molecular complexity index is 1010. The third kappa shape index (κ3) is 3.34. The summed E-state index contributed by atoms with van der Waals surface area (Å²) in [5, 5.41) is 17.6. The van der Waals surface area contributed by atoms with Crippen LogP contribution in [0.25, 0.3) is 11.3 Å². The van der Waals surface area contributed by atoms with Crippen LogP contribution in [0.15, 0.2) is 48.5 Å². The van der Waals surface area contributed by atoms with Crippen LogP contribution in [-0.4, -0.2) is 53.0 Å². The van der Waals surface area contributed by atoms with Gasteiger partial charge in [-0.2, -0.15) is 5.10 Å². The van der Waals surface area contributed by atoms with E-state index < -0.39 is 0 Å². The number of aromatic amines is 1. The molecule has 0 radical (unpaired) electrons. The highest BCUT2D eigenvalue weighted by molar-refractivity contribution is 6.00. The molecule has 7 nitrogen and oxygen atoms in total. The number of ether oxygens (including phenoxy) is 2. The molecule has 0 saturated carbocycles. The molecular weight excluding hydrogens is 370 g/mol. The van der Waals surface area contributed by atoms with Crippen LogP contribution in [0.5, 0.6) is 11.5 Å². The first-order chi connectivity index (χ1) is 14.2.